The third-order valence-corrected chi connectivity index (χ3v) is 1.84. The van der Waals surface area contributed by atoms with Crippen molar-refractivity contribution in [3.8, 4) is 0 Å². The number of nitrogen functional groups attached to an aromatic ring is 1. The predicted molar refractivity (Wildman–Crippen MR) is 54.4 cm³/mol. The highest BCUT2D eigenvalue weighted by molar-refractivity contribution is 5.26. The lowest BCUT2D eigenvalue weighted by Crippen LogP contribution is -2.16. The van der Waals surface area contributed by atoms with E-state index < -0.39 is 0 Å². The summed E-state index contributed by atoms with van der Waals surface area (Å²) in [5, 5.41) is 0. The van der Waals surface area contributed by atoms with Crippen LogP contribution in [0.2, 0.25) is 0 Å². The van der Waals surface area contributed by atoms with Crippen molar-refractivity contribution in [1.82, 2.24) is 14.5 Å². The summed E-state index contributed by atoms with van der Waals surface area (Å²) in [5.74, 6) is 1.63. The number of hydrogen-bond donors (Lipinski definition) is 1. The SMILES string of the molecule is CC(C)n1cc(N)nc1CN(C)C. The Labute approximate surface area is 79.4 Å². The fraction of sp³-hybridized carbons (Fsp3) is 0.667. The molecule has 0 aliphatic heterocycles. The highest BCUT2D eigenvalue weighted by atomic mass is 15.2. The molecule has 0 unspecified atom stereocenters. The van der Waals surface area contributed by atoms with Gasteiger partial charge in [0.15, 0.2) is 0 Å². The molecule has 0 spiro atoms. The molecule has 1 aromatic rings. The van der Waals surface area contributed by atoms with Gasteiger partial charge in [0.1, 0.15) is 11.6 Å². The lowest BCUT2D eigenvalue weighted by Gasteiger charge is -2.14. The van der Waals surface area contributed by atoms with Crippen LogP contribution in [-0.4, -0.2) is 28.5 Å². The maximum Gasteiger partial charge on any atom is 0.141 e. The zero-order valence-corrected chi connectivity index (χ0v) is 8.78. The van der Waals surface area contributed by atoms with Gasteiger partial charge in [0.25, 0.3) is 0 Å². The van der Waals surface area contributed by atoms with Crippen molar-refractivity contribution in [1.29, 1.82) is 0 Å². The van der Waals surface area contributed by atoms with E-state index in [1.165, 1.54) is 0 Å². The summed E-state index contributed by atoms with van der Waals surface area (Å²) >= 11 is 0. The molecule has 1 heterocycles. The summed E-state index contributed by atoms with van der Waals surface area (Å²) in [6, 6.07) is 0.416. The quantitative estimate of drug-likeness (QED) is 0.761. The average Bonchev–Trinajstić information content (AvgIpc) is 2.29. The van der Waals surface area contributed by atoms with E-state index in [1.807, 2.05) is 20.3 Å². The minimum Gasteiger partial charge on any atom is -0.382 e. The number of rotatable bonds is 3. The van der Waals surface area contributed by atoms with Gasteiger partial charge in [-0.15, -0.1) is 0 Å². The molecule has 0 radical (unpaired) electrons. The van der Waals surface area contributed by atoms with Gasteiger partial charge in [-0.2, -0.15) is 0 Å². The summed E-state index contributed by atoms with van der Waals surface area (Å²) in [6.45, 7) is 5.08. The normalized spacial score (nSPS) is 11.5. The van der Waals surface area contributed by atoms with Crippen LogP contribution in [0.15, 0.2) is 6.20 Å². The Hall–Kier alpha value is -1.03. The van der Waals surface area contributed by atoms with E-state index in [-0.39, 0.29) is 0 Å². The first-order valence-corrected chi connectivity index (χ1v) is 4.48. The number of aromatic nitrogens is 2. The van der Waals surface area contributed by atoms with E-state index in [0.717, 1.165) is 12.4 Å². The molecule has 1 aromatic heterocycles. The minimum atomic E-state index is 0.416. The second kappa shape index (κ2) is 3.79. The van der Waals surface area contributed by atoms with Crippen molar-refractivity contribution in [2.24, 2.45) is 0 Å². The van der Waals surface area contributed by atoms with E-state index >= 15 is 0 Å². The van der Waals surface area contributed by atoms with Crippen LogP contribution in [0.5, 0.6) is 0 Å². The van der Waals surface area contributed by atoms with Crippen molar-refractivity contribution >= 4 is 5.82 Å². The molecule has 0 aliphatic rings. The number of imidazole rings is 1. The van der Waals surface area contributed by atoms with E-state index in [0.29, 0.717) is 11.9 Å². The zero-order chi connectivity index (χ0) is 10.0. The fourth-order valence-electron chi connectivity index (χ4n) is 1.30. The maximum absolute atomic E-state index is 5.64. The Balaban J connectivity index is 2.91. The number of hydrogen-bond acceptors (Lipinski definition) is 3. The van der Waals surface area contributed by atoms with Gasteiger partial charge in [0, 0.05) is 12.2 Å². The van der Waals surface area contributed by atoms with Gasteiger partial charge in [0.2, 0.25) is 0 Å². The van der Waals surface area contributed by atoms with Gasteiger partial charge in [0.05, 0.1) is 6.54 Å². The fourth-order valence-corrected chi connectivity index (χ4v) is 1.30. The van der Waals surface area contributed by atoms with Crippen LogP contribution in [0.1, 0.15) is 25.7 Å². The van der Waals surface area contributed by atoms with Gasteiger partial charge in [-0.3, -0.25) is 0 Å². The van der Waals surface area contributed by atoms with Crippen LogP contribution >= 0.6 is 0 Å². The van der Waals surface area contributed by atoms with Gasteiger partial charge in [-0.25, -0.2) is 4.98 Å². The second-order valence-corrected chi connectivity index (χ2v) is 3.82. The molecule has 0 amide bonds. The molecule has 74 valence electrons. The highest BCUT2D eigenvalue weighted by Gasteiger charge is 2.08. The van der Waals surface area contributed by atoms with Crippen LogP contribution in [0, 0.1) is 0 Å². The first-order chi connectivity index (χ1) is 6.00. The van der Waals surface area contributed by atoms with Crippen molar-refractivity contribution < 1.29 is 0 Å². The molecular weight excluding hydrogens is 164 g/mol. The van der Waals surface area contributed by atoms with Gasteiger partial charge >= 0.3 is 0 Å². The zero-order valence-electron chi connectivity index (χ0n) is 8.78. The summed E-state index contributed by atoms with van der Waals surface area (Å²) in [7, 11) is 4.05. The molecule has 4 nitrogen and oxygen atoms in total. The molecule has 0 saturated heterocycles. The monoisotopic (exact) mass is 182 g/mol. The minimum absolute atomic E-state index is 0.416. The molecule has 13 heavy (non-hydrogen) atoms. The van der Waals surface area contributed by atoms with Crippen molar-refractivity contribution in [3.63, 3.8) is 0 Å². The van der Waals surface area contributed by atoms with E-state index in [9.17, 15) is 0 Å². The Morgan fingerprint density at radius 2 is 2.15 bits per heavy atom. The van der Waals surface area contributed by atoms with Crippen molar-refractivity contribution in [3.05, 3.63) is 12.0 Å². The van der Waals surface area contributed by atoms with E-state index in [1.54, 1.807) is 0 Å². The molecule has 4 heteroatoms. The van der Waals surface area contributed by atoms with Gasteiger partial charge in [-0.05, 0) is 27.9 Å². The van der Waals surface area contributed by atoms with E-state index in [4.69, 9.17) is 5.73 Å². The van der Waals surface area contributed by atoms with E-state index in [2.05, 4.69) is 28.3 Å². The summed E-state index contributed by atoms with van der Waals surface area (Å²) < 4.78 is 2.11. The van der Waals surface area contributed by atoms with Crippen LogP contribution in [0.25, 0.3) is 0 Å². The standard InChI is InChI=1S/C9H18N4/c1-7(2)13-5-8(10)11-9(13)6-12(3)4/h5,7H,6,10H2,1-4H3. The smallest absolute Gasteiger partial charge is 0.141 e. The first-order valence-electron chi connectivity index (χ1n) is 4.48. The van der Waals surface area contributed by atoms with Crippen molar-refractivity contribution in [2.75, 3.05) is 19.8 Å². The van der Waals surface area contributed by atoms with Crippen LogP contribution < -0.4 is 5.73 Å². The Kier molecular flexibility index (Phi) is 2.93. The maximum atomic E-state index is 5.64. The molecular formula is C9H18N4. The van der Waals surface area contributed by atoms with Crippen LogP contribution in [-0.2, 0) is 6.54 Å². The molecule has 0 saturated carbocycles. The number of anilines is 1. The molecule has 0 atom stereocenters. The molecule has 1 rings (SSSR count). The summed E-state index contributed by atoms with van der Waals surface area (Å²) in [6.07, 6.45) is 1.89. The first kappa shape index (κ1) is 10.1. The third-order valence-electron chi connectivity index (χ3n) is 1.84. The average molecular weight is 182 g/mol. The Bertz CT molecular complexity index is 275. The lowest BCUT2D eigenvalue weighted by atomic mass is 10.4. The Morgan fingerprint density at radius 1 is 1.54 bits per heavy atom. The number of nitrogens with two attached hydrogens (primary N) is 1. The summed E-state index contributed by atoms with van der Waals surface area (Å²) in [5.41, 5.74) is 5.64. The lowest BCUT2D eigenvalue weighted by molar-refractivity contribution is 0.375. The highest BCUT2D eigenvalue weighted by Crippen LogP contribution is 2.13. The van der Waals surface area contributed by atoms with Crippen LogP contribution in [0.3, 0.4) is 0 Å². The van der Waals surface area contributed by atoms with Gasteiger partial charge < -0.3 is 15.2 Å². The van der Waals surface area contributed by atoms with Crippen molar-refractivity contribution in [2.45, 2.75) is 26.4 Å². The number of nitrogens with zero attached hydrogens (tertiary/aromatic N) is 3. The molecule has 0 fully saturated rings. The van der Waals surface area contributed by atoms with Gasteiger partial charge in [-0.1, -0.05) is 0 Å². The Morgan fingerprint density at radius 3 is 2.62 bits per heavy atom. The molecule has 0 aromatic carbocycles. The second-order valence-electron chi connectivity index (χ2n) is 3.82. The molecule has 2 N–H and O–H groups in total. The largest absolute Gasteiger partial charge is 0.382 e. The molecule has 0 bridgehead atoms. The molecule has 0 aliphatic carbocycles. The summed E-state index contributed by atoms with van der Waals surface area (Å²) in [4.78, 5) is 6.36. The van der Waals surface area contributed by atoms with Crippen LogP contribution in [0.4, 0.5) is 5.82 Å². The predicted octanol–water partition coefficient (Wildman–Crippen LogP) is 1.11. The topological polar surface area (TPSA) is 47.1 Å². The third kappa shape index (κ3) is 2.45.